The minimum Gasteiger partial charge on any atom is -0.383 e. The molecule has 1 fully saturated rings. The maximum absolute atomic E-state index is 13.1. The third-order valence-electron chi connectivity index (χ3n) is 3.45. The second-order valence-corrected chi connectivity index (χ2v) is 5.01. The van der Waals surface area contributed by atoms with Gasteiger partial charge in [0, 0.05) is 32.2 Å². The average molecular weight is 266 g/mol. The number of hydrogen-bond donors (Lipinski definition) is 1. The lowest BCUT2D eigenvalue weighted by Gasteiger charge is -2.37. The summed E-state index contributed by atoms with van der Waals surface area (Å²) >= 11 is 0. The molecule has 2 N–H and O–H groups in total. The van der Waals surface area contributed by atoms with Gasteiger partial charge in [0.15, 0.2) is 0 Å². The van der Waals surface area contributed by atoms with Crippen LogP contribution in [-0.2, 0) is 0 Å². The second-order valence-electron chi connectivity index (χ2n) is 5.01. The van der Waals surface area contributed by atoms with Gasteiger partial charge in [-0.15, -0.1) is 0 Å². The molecule has 2 rings (SSSR count). The molecule has 1 amide bonds. The number of amides is 1. The summed E-state index contributed by atoms with van der Waals surface area (Å²) in [5, 5.41) is 0. The van der Waals surface area contributed by atoms with Gasteiger partial charge in [0.2, 0.25) is 0 Å². The van der Waals surface area contributed by atoms with Gasteiger partial charge < -0.3 is 10.6 Å². The van der Waals surface area contributed by atoms with Crippen LogP contribution in [0, 0.1) is 5.82 Å². The fourth-order valence-electron chi connectivity index (χ4n) is 2.23. The first-order valence-corrected chi connectivity index (χ1v) is 6.43. The predicted octanol–water partition coefficient (Wildman–Crippen LogP) is 0.969. The first-order valence-electron chi connectivity index (χ1n) is 6.43. The van der Waals surface area contributed by atoms with E-state index in [0.29, 0.717) is 19.1 Å². The highest BCUT2D eigenvalue weighted by Gasteiger charge is 2.25. The van der Waals surface area contributed by atoms with Crippen molar-refractivity contribution in [1.29, 1.82) is 0 Å². The van der Waals surface area contributed by atoms with Crippen LogP contribution in [0.3, 0.4) is 0 Å². The lowest BCUT2D eigenvalue weighted by Crippen LogP contribution is -2.50. The molecule has 6 heteroatoms. The molecular formula is C13H19FN4O. The Balaban J connectivity index is 2.07. The largest absolute Gasteiger partial charge is 0.383 e. The molecule has 1 saturated heterocycles. The van der Waals surface area contributed by atoms with E-state index in [1.54, 1.807) is 4.90 Å². The third kappa shape index (κ3) is 3.01. The third-order valence-corrected chi connectivity index (χ3v) is 3.45. The summed E-state index contributed by atoms with van der Waals surface area (Å²) in [7, 11) is 0. The van der Waals surface area contributed by atoms with Crippen LogP contribution < -0.4 is 5.73 Å². The number of anilines is 1. The smallest absolute Gasteiger partial charge is 0.257 e. The Bertz CT molecular complexity index is 470. The Kier molecular flexibility index (Phi) is 3.99. The van der Waals surface area contributed by atoms with Crippen LogP contribution in [0.5, 0.6) is 0 Å². The molecule has 0 spiro atoms. The monoisotopic (exact) mass is 266 g/mol. The number of nitrogens with two attached hydrogens (primary N) is 1. The molecule has 0 radical (unpaired) electrons. The molecule has 5 nitrogen and oxygen atoms in total. The fraction of sp³-hybridized carbons (Fsp3) is 0.538. The van der Waals surface area contributed by atoms with Crippen LogP contribution in [0.15, 0.2) is 12.3 Å². The highest BCUT2D eigenvalue weighted by molar-refractivity contribution is 5.98. The molecule has 0 aromatic carbocycles. The number of nitrogen functional groups attached to an aromatic ring is 1. The van der Waals surface area contributed by atoms with Crippen molar-refractivity contribution >= 4 is 11.7 Å². The van der Waals surface area contributed by atoms with Crippen LogP contribution in [0.2, 0.25) is 0 Å². The Morgan fingerprint density at radius 3 is 2.58 bits per heavy atom. The van der Waals surface area contributed by atoms with Crippen molar-refractivity contribution in [1.82, 2.24) is 14.8 Å². The van der Waals surface area contributed by atoms with Crippen LogP contribution >= 0.6 is 0 Å². The molecule has 104 valence electrons. The van der Waals surface area contributed by atoms with Gasteiger partial charge in [-0.2, -0.15) is 0 Å². The quantitative estimate of drug-likeness (QED) is 0.866. The van der Waals surface area contributed by atoms with Crippen LogP contribution in [0.4, 0.5) is 10.2 Å². The minimum absolute atomic E-state index is 0.0812. The maximum Gasteiger partial charge on any atom is 0.257 e. The Morgan fingerprint density at radius 1 is 1.37 bits per heavy atom. The number of carbonyl (C=O) groups is 1. The zero-order valence-corrected chi connectivity index (χ0v) is 11.3. The van der Waals surface area contributed by atoms with E-state index in [4.69, 9.17) is 5.73 Å². The fourth-order valence-corrected chi connectivity index (χ4v) is 2.23. The SMILES string of the molecule is CC(C)N1CCN(C(=O)c2cc(F)cnc2N)CC1. The topological polar surface area (TPSA) is 62.5 Å². The van der Waals surface area contributed by atoms with E-state index < -0.39 is 5.82 Å². The van der Waals surface area contributed by atoms with Crippen molar-refractivity contribution < 1.29 is 9.18 Å². The van der Waals surface area contributed by atoms with Crippen molar-refractivity contribution in [3.63, 3.8) is 0 Å². The van der Waals surface area contributed by atoms with Crippen LogP contribution in [0.25, 0.3) is 0 Å². The van der Waals surface area contributed by atoms with Crippen molar-refractivity contribution in [2.75, 3.05) is 31.9 Å². The van der Waals surface area contributed by atoms with Crippen molar-refractivity contribution in [3.8, 4) is 0 Å². The van der Waals surface area contributed by atoms with E-state index >= 15 is 0 Å². The predicted molar refractivity (Wildman–Crippen MR) is 71.2 cm³/mol. The molecular weight excluding hydrogens is 247 g/mol. The van der Waals surface area contributed by atoms with Crippen LogP contribution in [-0.4, -0.2) is 52.9 Å². The summed E-state index contributed by atoms with van der Waals surface area (Å²) in [5.74, 6) is -0.705. The lowest BCUT2D eigenvalue weighted by atomic mass is 10.2. The summed E-state index contributed by atoms with van der Waals surface area (Å²) in [5.41, 5.74) is 5.79. The maximum atomic E-state index is 13.1. The zero-order chi connectivity index (χ0) is 14.0. The van der Waals surface area contributed by atoms with Gasteiger partial charge in [-0.25, -0.2) is 9.37 Å². The number of hydrogen-bond acceptors (Lipinski definition) is 4. The normalized spacial score (nSPS) is 16.9. The number of rotatable bonds is 2. The number of carbonyl (C=O) groups excluding carboxylic acids is 1. The van der Waals surface area contributed by atoms with Gasteiger partial charge in [-0.1, -0.05) is 0 Å². The molecule has 0 aliphatic carbocycles. The zero-order valence-electron chi connectivity index (χ0n) is 11.3. The second kappa shape index (κ2) is 5.52. The molecule has 0 bridgehead atoms. The number of pyridine rings is 1. The summed E-state index contributed by atoms with van der Waals surface area (Å²) in [6, 6.07) is 1.62. The van der Waals surface area contributed by atoms with Crippen molar-refractivity contribution in [3.05, 3.63) is 23.6 Å². The average Bonchev–Trinajstić information content (AvgIpc) is 2.41. The standard InChI is InChI=1S/C13H19FN4O/c1-9(2)17-3-5-18(6-4-17)13(19)11-7-10(14)8-16-12(11)15/h7-9H,3-6H2,1-2H3,(H2,15,16). The molecule has 1 aliphatic heterocycles. The molecule has 0 saturated carbocycles. The molecule has 19 heavy (non-hydrogen) atoms. The van der Waals surface area contributed by atoms with E-state index in [1.165, 1.54) is 0 Å². The Hall–Kier alpha value is -1.69. The van der Waals surface area contributed by atoms with Gasteiger partial charge in [-0.3, -0.25) is 9.69 Å². The van der Waals surface area contributed by atoms with E-state index in [-0.39, 0.29) is 17.3 Å². The van der Waals surface area contributed by atoms with Crippen LogP contribution in [0.1, 0.15) is 24.2 Å². The van der Waals surface area contributed by atoms with Gasteiger partial charge in [0.1, 0.15) is 11.6 Å². The van der Waals surface area contributed by atoms with Crippen molar-refractivity contribution in [2.45, 2.75) is 19.9 Å². The number of aromatic nitrogens is 1. The molecule has 1 aliphatic rings. The van der Waals surface area contributed by atoms with E-state index in [0.717, 1.165) is 25.4 Å². The van der Waals surface area contributed by atoms with E-state index in [2.05, 4.69) is 23.7 Å². The molecule has 1 aromatic heterocycles. The molecule has 1 aromatic rings. The van der Waals surface area contributed by atoms with E-state index in [9.17, 15) is 9.18 Å². The van der Waals surface area contributed by atoms with Crippen molar-refractivity contribution in [2.24, 2.45) is 0 Å². The highest BCUT2D eigenvalue weighted by atomic mass is 19.1. The van der Waals surface area contributed by atoms with Gasteiger partial charge >= 0.3 is 0 Å². The van der Waals surface area contributed by atoms with Gasteiger partial charge in [0.05, 0.1) is 11.8 Å². The Labute approximate surface area is 112 Å². The number of nitrogens with zero attached hydrogens (tertiary/aromatic N) is 3. The summed E-state index contributed by atoms with van der Waals surface area (Å²) in [6.07, 6.45) is 1.02. The Morgan fingerprint density at radius 2 is 2.00 bits per heavy atom. The number of halogens is 1. The van der Waals surface area contributed by atoms with E-state index in [1.807, 2.05) is 0 Å². The lowest BCUT2D eigenvalue weighted by molar-refractivity contribution is 0.0595. The number of piperazine rings is 1. The minimum atomic E-state index is -0.543. The first-order chi connectivity index (χ1) is 8.99. The summed E-state index contributed by atoms with van der Waals surface area (Å²) in [6.45, 7) is 7.18. The molecule has 2 heterocycles. The van der Waals surface area contributed by atoms with Gasteiger partial charge in [-0.05, 0) is 19.9 Å². The molecule has 0 atom stereocenters. The summed E-state index contributed by atoms with van der Waals surface area (Å²) in [4.78, 5) is 20.0. The molecule has 0 unspecified atom stereocenters. The summed E-state index contributed by atoms with van der Waals surface area (Å²) < 4.78 is 13.1. The highest BCUT2D eigenvalue weighted by Crippen LogP contribution is 2.15. The van der Waals surface area contributed by atoms with Gasteiger partial charge in [0.25, 0.3) is 5.91 Å². The first kappa shape index (κ1) is 13.7.